The van der Waals surface area contributed by atoms with Crippen molar-refractivity contribution in [3.63, 3.8) is 0 Å². The zero-order valence-electron chi connectivity index (χ0n) is 14.8. The van der Waals surface area contributed by atoms with Gasteiger partial charge in [-0.15, -0.1) is 0 Å². The van der Waals surface area contributed by atoms with E-state index in [9.17, 15) is 13.5 Å². The summed E-state index contributed by atoms with van der Waals surface area (Å²) in [5.74, 6) is 0.368. The second-order valence-corrected chi connectivity index (χ2v) is 9.26. The Morgan fingerprint density at radius 1 is 1.25 bits per heavy atom. The molecule has 4 atom stereocenters. The summed E-state index contributed by atoms with van der Waals surface area (Å²) in [7, 11) is -2.99. The summed E-state index contributed by atoms with van der Waals surface area (Å²) in [5.41, 5.74) is 0.906. The first-order valence-corrected chi connectivity index (χ1v) is 10.8. The molecule has 0 bridgehead atoms. The first-order valence-electron chi connectivity index (χ1n) is 9.13. The van der Waals surface area contributed by atoms with Crippen molar-refractivity contribution in [2.24, 2.45) is 5.92 Å². The summed E-state index contributed by atoms with van der Waals surface area (Å²) in [5, 5.41) is 13.4. The highest BCUT2D eigenvalue weighted by molar-refractivity contribution is 7.92. The van der Waals surface area contributed by atoms with Crippen LogP contribution in [0.15, 0.2) is 30.3 Å². The summed E-state index contributed by atoms with van der Waals surface area (Å²) in [4.78, 5) is 0. The van der Waals surface area contributed by atoms with E-state index in [0.29, 0.717) is 13.0 Å². The number of unbranched alkanes of at least 4 members (excludes halogenated alkanes) is 2. The van der Waals surface area contributed by atoms with Gasteiger partial charge in [0.05, 0.1) is 17.1 Å². The lowest BCUT2D eigenvalue weighted by Crippen LogP contribution is -2.36. The summed E-state index contributed by atoms with van der Waals surface area (Å²) in [6.45, 7) is 4.81. The fourth-order valence-electron chi connectivity index (χ4n) is 3.64. The molecule has 136 valence electrons. The maximum atomic E-state index is 12.4. The van der Waals surface area contributed by atoms with Crippen LogP contribution < -0.4 is 5.32 Å². The van der Waals surface area contributed by atoms with Gasteiger partial charge in [0.1, 0.15) is 0 Å². The summed E-state index contributed by atoms with van der Waals surface area (Å²) in [6, 6.07) is 9.59. The minimum Gasteiger partial charge on any atom is -0.388 e. The summed E-state index contributed by atoms with van der Waals surface area (Å²) in [6.07, 6.45) is 4.06. The molecule has 24 heavy (non-hydrogen) atoms. The lowest BCUT2D eigenvalue weighted by molar-refractivity contribution is 0.164. The number of nitrogens with one attached hydrogen (secondary N) is 1. The molecule has 0 aromatic heterocycles. The average Bonchev–Trinajstić information content (AvgIpc) is 2.78. The van der Waals surface area contributed by atoms with Crippen molar-refractivity contribution in [1.29, 1.82) is 0 Å². The van der Waals surface area contributed by atoms with Crippen LogP contribution in [-0.4, -0.2) is 37.1 Å². The predicted octanol–water partition coefficient (Wildman–Crippen LogP) is 3.08. The van der Waals surface area contributed by atoms with E-state index in [1.54, 1.807) is 0 Å². The van der Waals surface area contributed by atoms with E-state index in [1.807, 2.05) is 37.3 Å². The molecule has 0 saturated carbocycles. The maximum Gasteiger partial charge on any atom is 0.155 e. The standard InChI is InChI=1S/C19H31NO3S/c1-3-4-6-11-19-15(2)17(14-24(19,22)23)20-13-12-18(21)16-9-7-5-8-10-16/h5,7-10,15,17-21H,3-4,6,11-14H2,1-2H3. The van der Waals surface area contributed by atoms with Crippen LogP contribution in [0.2, 0.25) is 0 Å². The van der Waals surface area contributed by atoms with Gasteiger partial charge >= 0.3 is 0 Å². The third kappa shape index (κ3) is 5.04. The normalized spacial score (nSPS) is 27.2. The Bertz CT molecular complexity index is 588. The molecule has 0 spiro atoms. The van der Waals surface area contributed by atoms with Crippen LogP contribution in [0.25, 0.3) is 0 Å². The quantitative estimate of drug-likeness (QED) is 0.670. The van der Waals surface area contributed by atoms with E-state index in [-0.39, 0.29) is 23.0 Å². The number of aliphatic hydroxyl groups is 1. The molecule has 2 N–H and O–H groups in total. The van der Waals surface area contributed by atoms with E-state index < -0.39 is 15.9 Å². The van der Waals surface area contributed by atoms with Gasteiger partial charge < -0.3 is 10.4 Å². The largest absolute Gasteiger partial charge is 0.388 e. The van der Waals surface area contributed by atoms with Gasteiger partial charge in [-0.2, -0.15) is 0 Å². The highest BCUT2D eigenvalue weighted by Crippen LogP contribution is 2.31. The van der Waals surface area contributed by atoms with Crippen molar-refractivity contribution in [2.45, 2.75) is 63.3 Å². The van der Waals surface area contributed by atoms with Gasteiger partial charge in [-0.25, -0.2) is 8.42 Å². The van der Waals surface area contributed by atoms with E-state index in [0.717, 1.165) is 31.2 Å². The van der Waals surface area contributed by atoms with Crippen molar-refractivity contribution in [3.05, 3.63) is 35.9 Å². The number of hydrogen-bond donors (Lipinski definition) is 2. The van der Waals surface area contributed by atoms with E-state index in [4.69, 9.17) is 0 Å². The van der Waals surface area contributed by atoms with E-state index >= 15 is 0 Å². The average molecular weight is 354 g/mol. The molecule has 1 heterocycles. The molecule has 1 aromatic carbocycles. The van der Waals surface area contributed by atoms with Gasteiger partial charge in [0.15, 0.2) is 9.84 Å². The second-order valence-electron chi connectivity index (χ2n) is 7.00. The topological polar surface area (TPSA) is 66.4 Å². The molecule has 2 rings (SSSR count). The molecule has 0 aliphatic carbocycles. The van der Waals surface area contributed by atoms with Crippen LogP contribution in [0.5, 0.6) is 0 Å². The van der Waals surface area contributed by atoms with Gasteiger partial charge in [0.25, 0.3) is 0 Å². The number of rotatable bonds is 9. The Kier molecular flexibility index (Phi) is 7.26. The molecule has 1 aliphatic heterocycles. The van der Waals surface area contributed by atoms with E-state index in [1.165, 1.54) is 0 Å². The first kappa shape index (κ1) is 19.4. The number of hydrogen-bond acceptors (Lipinski definition) is 4. The third-order valence-corrected chi connectivity index (χ3v) is 7.61. The van der Waals surface area contributed by atoms with Crippen molar-refractivity contribution in [2.75, 3.05) is 12.3 Å². The van der Waals surface area contributed by atoms with Crippen LogP contribution in [0.4, 0.5) is 0 Å². The highest BCUT2D eigenvalue weighted by atomic mass is 32.2. The van der Waals surface area contributed by atoms with E-state index in [2.05, 4.69) is 12.2 Å². The number of aliphatic hydroxyl groups excluding tert-OH is 1. The van der Waals surface area contributed by atoms with Crippen LogP contribution >= 0.6 is 0 Å². The predicted molar refractivity (Wildman–Crippen MR) is 98.7 cm³/mol. The zero-order valence-corrected chi connectivity index (χ0v) is 15.6. The molecule has 0 amide bonds. The number of benzene rings is 1. The van der Waals surface area contributed by atoms with Gasteiger partial charge in [-0.3, -0.25) is 0 Å². The minimum absolute atomic E-state index is 0.00426. The smallest absolute Gasteiger partial charge is 0.155 e. The van der Waals surface area contributed by atoms with Crippen LogP contribution in [0.1, 0.15) is 57.6 Å². The zero-order chi connectivity index (χ0) is 17.6. The molecule has 1 saturated heterocycles. The molecule has 1 fully saturated rings. The molecule has 0 radical (unpaired) electrons. The Labute approximate surface area is 146 Å². The molecule has 1 aromatic rings. The van der Waals surface area contributed by atoms with Gasteiger partial charge in [0, 0.05) is 6.04 Å². The van der Waals surface area contributed by atoms with Gasteiger partial charge in [-0.05, 0) is 30.9 Å². The lowest BCUT2D eigenvalue weighted by atomic mass is 9.95. The molecular weight excluding hydrogens is 322 g/mol. The lowest BCUT2D eigenvalue weighted by Gasteiger charge is -2.20. The summed E-state index contributed by atoms with van der Waals surface area (Å²) >= 11 is 0. The molecule has 1 aliphatic rings. The summed E-state index contributed by atoms with van der Waals surface area (Å²) < 4.78 is 24.8. The number of sulfone groups is 1. The highest BCUT2D eigenvalue weighted by Gasteiger charge is 2.43. The molecule has 5 heteroatoms. The second kappa shape index (κ2) is 8.97. The maximum absolute atomic E-state index is 12.4. The van der Waals surface area contributed by atoms with Crippen molar-refractivity contribution in [3.8, 4) is 0 Å². The Hall–Kier alpha value is -0.910. The SMILES string of the molecule is CCCCCC1C(C)C(NCCC(O)c2ccccc2)CS1(=O)=O. The fourth-order valence-corrected chi connectivity index (χ4v) is 6.18. The molecule has 4 unspecified atom stereocenters. The fraction of sp³-hybridized carbons (Fsp3) is 0.684. The van der Waals surface area contributed by atoms with Crippen molar-refractivity contribution in [1.82, 2.24) is 5.32 Å². The van der Waals surface area contributed by atoms with Crippen molar-refractivity contribution >= 4 is 9.84 Å². The molecular formula is C19H31NO3S. The Morgan fingerprint density at radius 2 is 1.96 bits per heavy atom. The monoisotopic (exact) mass is 353 g/mol. The third-order valence-electron chi connectivity index (χ3n) is 5.20. The van der Waals surface area contributed by atoms with Crippen LogP contribution in [0, 0.1) is 5.92 Å². The molecule has 4 nitrogen and oxygen atoms in total. The Balaban J connectivity index is 1.82. The Morgan fingerprint density at radius 3 is 2.62 bits per heavy atom. The van der Waals surface area contributed by atoms with Crippen molar-refractivity contribution < 1.29 is 13.5 Å². The van der Waals surface area contributed by atoms with Gasteiger partial charge in [-0.1, -0.05) is 63.4 Å². The van der Waals surface area contributed by atoms with Crippen LogP contribution in [0.3, 0.4) is 0 Å². The van der Waals surface area contributed by atoms with Crippen LogP contribution in [-0.2, 0) is 9.84 Å². The van der Waals surface area contributed by atoms with Gasteiger partial charge in [0.2, 0.25) is 0 Å². The first-order chi connectivity index (χ1) is 11.5. The minimum atomic E-state index is -2.99.